The summed E-state index contributed by atoms with van der Waals surface area (Å²) in [4.78, 5) is 15.0. The molecule has 8 nitrogen and oxygen atoms in total. The molecule has 0 saturated carbocycles. The number of likely N-dealkylation sites (tertiary alicyclic amines) is 1. The van der Waals surface area contributed by atoms with Crippen molar-refractivity contribution in [2.45, 2.75) is 50.2 Å². The summed E-state index contributed by atoms with van der Waals surface area (Å²) < 4.78 is 7.14. The van der Waals surface area contributed by atoms with Gasteiger partial charge in [0.25, 0.3) is 0 Å². The number of hydrogen-bond donors (Lipinski definition) is 1. The summed E-state index contributed by atoms with van der Waals surface area (Å²) in [5.41, 5.74) is 1.18. The maximum absolute atomic E-state index is 12.6. The molecular formula is C21H26N6O2S. The van der Waals surface area contributed by atoms with Gasteiger partial charge in [-0.25, -0.2) is 0 Å². The van der Waals surface area contributed by atoms with Crippen LogP contribution in [-0.2, 0) is 17.9 Å². The molecule has 0 spiro atoms. The van der Waals surface area contributed by atoms with Gasteiger partial charge in [0, 0.05) is 6.07 Å². The van der Waals surface area contributed by atoms with Gasteiger partial charge in [-0.2, -0.15) is 0 Å². The number of anilines is 1. The monoisotopic (exact) mass is 426 g/mol. The van der Waals surface area contributed by atoms with Crippen molar-refractivity contribution in [2.75, 3.05) is 18.4 Å². The first-order valence-corrected chi connectivity index (χ1v) is 11.1. The molecule has 1 aliphatic heterocycles. The first-order chi connectivity index (χ1) is 14.6. The molecule has 1 fully saturated rings. The highest BCUT2D eigenvalue weighted by Crippen LogP contribution is 2.25. The fourth-order valence-electron chi connectivity index (χ4n) is 3.45. The third-order valence-corrected chi connectivity index (χ3v) is 6.15. The van der Waals surface area contributed by atoms with Gasteiger partial charge in [-0.05, 0) is 45.3 Å². The summed E-state index contributed by atoms with van der Waals surface area (Å²) in [7, 11) is 0. The van der Waals surface area contributed by atoms with Crippen LogP contribution in [0, 0.1) is 6.92 Å². The Hall–Kier alpha value is -2.65. The van der Waals surface area contributed by atoms with Gasteiger partial charge in [-0.15, -0.1) is 10.2 Å². The number of aryl methyl sites for hydroxylation is 1. The lowest BCUT2D eigenvalue weighted by molar-refractivity contribution is -0.115. The van der Waals surface area contributed by atoms with Crippen molar-refractivity contribution in [3.63, 3.8) is 0 Å². The predicted molar refractivity (Wildman–Crippen MR) is 115 cm³/mol. The van der Waals surface area contributed by atoms with Crippen molar-refractivity contribution in [2.24, 2.45) is 0 Å². The molecule has 158 valence electrons. The molecule has 4 rings (SSSR count). The van der Waals surface area contributed by atoms with Crippen molar-refractivity contribution in [3.05, 3.63) is 53.5 Å². The fourth-order valence-corrected chi connectivity index (χ4v) is 4.32. The molecule has 3 aromatic rings. The van der Waals surface area contributed by atoms with Gasteiger partial charge in [0.15, 0.2) is 11.0 Å². The zero-order chi connectivity index (χ0) is 20.9. The number of nitrogens with zero attached hydrogens (tertiary/aromatic N) is 5. The van der Waals surface area contributed by atoms with Crippen LogP contribution in [0.15, 0.2) is 46.1 Å². The molecule has 1 aliphatic rings. The van der Waals surface area contributed by atoms with Crippen molar-refractivity contribution < 1.29 is 9.32 Å². The molecule has 0 aliphatic carbocycles. The lowest BCUT2D eigenvalue weighted by Crippen LogP contribution is -2.24. The standard InChI is InChI=1S/C21H26N6O2S/c1-15-12-18(25-29-15)22-20(28)16(2)30-21-24-23-19(14-26-10-6-7-11-26)27(21)13-17-8-4-3-5-9-17/h3-5,8-9,12,16H,6-7,10-11,13-14H2,1-2H3,(H,22,25,28). The van der Waals surface area contributed by atoms with Crippen LogP contribution < -0.4 is 5.32 Å². The van der Waals surface area contributed by atoms with Crippen LogP contribution in [0.2, 0.25) is 0 Å². The second kappa shape index (κ2) is 9.44. The Morgan fingerprint density at radius 1 is 1.20 bits per heavy atom. The number of thioether (sulfide) groups is 1. The highest BCUT2D eigenvalue weighted by molar-refractivity contribution is 8.00. The minimum atomic E-state index is -0.361. The largest absolute Gasteiger partial charge is 0.360 e. The molecule has 1 unspecified atom stereocenters. The topological polar surface area (TPSA) is 89.1 Å². The minimum Gasteiger partial charge on any atom is -0.360 e. The van der Waals surface area contributed by atoms with E-state index in [4.69, 9.17) is 4.52 Å². The van der Waals surface area contributed by atoms with Gasteiger partial charge in [0.1, 0.15) is 11.6 Å². The first-order valence-electron chi connectivity index (χ1n) is 10.2. The van der Waals surface area contributed by atoms with Gasteiger partial charge in [0.2, 0.25) is 5.91 Å². The zero-order valence-corrected chi connectivity index (χ0v) is 18.1. The van der Waals surface area contributed by atoms with Gasteiger partial charge in [0.05, 0.1) is 18.3 Å². The quantitative estimate of drug-likeness (QED) is 0.553. The van der Waals surface area contributed by atoms with E-state index in [0.717, 1.165) is 30.6 Å². The smallest absolute Gasteiger partial charge is 0.238 e. The van der Waals surface area contributed by atoms with Crippen LogP contribution in [-0.4, -0.2) is 49.1 Å². The number of hydrogen-bond acceptors (Lipinski definition) is 7. The van der Waals surface area contributed by atoms with Crippen molar-refractivity contribution in [1.29, 1.82) is 0 Å². The number of amides is 1. The van der Waals surface area contributed by atoms with Gasteiger partial charge < -0.3 is 14.4 Å². The van der Waals surface area contributed by atoms with Crippen LogP contribution in [0.4, 0.5) is 5.82 Å². The van der Waals surface area contributed by atoms with Crippen molar-refractivity contribution in [3.8, 4) is 0 Å². The number of carbonyl (C=O) groups excluding carboxylic acids is 1. The molecule has 1 amide bonds. The minimum absolute atomic E-state index is 0.149. The van der Waals surface area contributed by atoms with Crippen LogP contribution in [0.5, 0.6) is 0 Å². The van der Waals surface area contributed by atoms with E-state index in [0.29, 0.717) is 18.1 Å². The Morgan fingerprint density at radius 3 is 2.67 bits per heavy atom. The van der Waals surface area contributed by atoms with E-state index in [9.17, 15) is 4.79 Å². The van der Waals surface area contributed by atoms with Gasteiger partial charge in [-0.3, -0.25) is 9.69 Å². The highest BCUT2D eigenvalue weighted by Gasteiger charge is 2.23. The second-order valence-corrected chi connectivity index (χ2v) is 8.83. The molecule has 0 radical (unpaired) electrons. The van der Waals surface area contributed by atoms with Crippen LogP contribution in [0.25, 0.3) is 0 Å². The second-order valence-electron chi connectivity index (χ2n) is 7.53. The Bertz CT molecular complexity index is 981. The molecule has 30 heavy (non-hydrogen) atoms. The van der Waals surface area contributed by atoms with Crippen molar-refractivity contribution in [1.82, 2.24) is 24.8 Å². The van der Waals surface area contributed by atoms with Crippen LogP contribution in [0.3, 0.4) is 0 Å². The summed E-state index contributed by atoms with van der Waals surface area (Å²) in [5, 5.41) is 15.9. The molecule has 1 saturated heterocycles. The van der Waals surface area contributed by atoms with E-state index >= 15 is 0 Å². The predicted octanol–water partition coefficient (Wildman–Crippen LogP) is 3.34. The normalized spacial score (nSPS) is 15.4. The highest BCUT2D eigenvalue weighted by atomic mass is 32.2. The third kappa shape index (κ3) is 5.09. The molecular weight excluding hydrogens is 400 g/mol. The van der Waals surface area contributed by atoms with E-state index in [2.05, 4.69) is 42.3 Å². The lowest BCUT2D eigenvalue weighted by Gasteiger charge is -2.17. The Balaban J connectivity index is 1.50. The van der Waals surface area contributed by atoms with E-state index in [1.807, 2.05) is 25.1 Å². The van der Waals surface area contributed by atoms with E-state index in [1.54, 1.807) is 13.0 Å². The Kier molecular flexibility index (Phi) is 6.49. The SMILES string of the molecule is Cc1cc(NC(=O)C(C)Sc2nnc(CN3CCCC3)n2Cc2ccccc2)no1. The maximum atomic E-state index is 12.6. The maximum Gasteiger partial charge on any atom is 0.238 e. The summed E-state index contributed by atoms with van der Waals surface area (Å²) in [6, 6.07) is 12.0. The average Bonchev–Trinajstić information content (AvgIpc) is 3.48. The van der Waals surface area contributed by atoms with Gasteiger partial charge in [-0.1, -0.05) is 47.3 Å². The fraction of sp³-hybridized carbons (Fsp3) is 0.429. The number of benzene rings is 1. The molecule has 9 heteroatoms. The van der Waals surface area contributed by atoms with E-state index < -0.39 is 0 Å². The molecule has 2 aromatic heterocycles. The third-order valence-electron chi connectivity index (χ3n) is 5.07. The average molecular weight is 427 g/mol. The Labute approximate surface area is 180 Å². The van der Waals surface area contributed by atoms with E-state index in [-0.39, 0.29) is 11.2 Å². The van der Waals surface area contributed by atoms with Crippen LogP contribution >= 0.6 is 11.8 Å². The van der Waals surface area contributed by atoms with Gasteiger partial charge >= 0.3 is 0 Å². The number of aromatic nitrogens is 4. The molecule has 1 atom stereocenters. The zero-order valence-electron chi connectivity index (χ0n) is 17.2. The summed E-state index contributed by atoms with van der Waals surface area (Å²) >= 11 is 1.40. The summed E-state index contributed by atoms with van der Waals surface area (Å²) in [5.74, 6) is 1.86. The van der Waals surface area contributed by atoms with E-state index in [1.165, 1.54) is 30.2 Å². The number of rotatable bonds is 8. The molecule has 1 aromatic carbocycles. The summed E-state index contributed by atoms with van der Waals surface area (Å²) in [6.45, 7) is 7.28. The lowest BCUT2D eigenvalue weighted by atomic mass is 10.2. The van der Waals surface area contributed by atoms with Crippen molar-refractivity contribution >= 4 is 23.5 Å². The van der Waals surface area contributed by atoms with Crippen LogP contribution in [0.1, 0.15) is 36.9 Å². The Morgan fingerprint density at radius 2 is 1.97 bits per heavy atom. The first kappa shape index (κ1) is 20.6. The number of carbonyl (C=O) groups is 1. The molecule has 1 N–H and O–H groups in total. The summed E-state index contributed by atoms with van der Waals surface area (Å²) in [6.07, 6.45) is 2.46. The molecule has 0 bridgehead atoms. The number of nitrogens with one attached hydrogen (secondary N) is 1. The molecule has 3 heterocycles.